The van der Waals surface area contributed by atoms with Gasteiger partial charge in [-0.15, -0.1) is 0 Å². The second-order valence-corrected chi connectivity index (χ2v) is 10.3. The molecular formula is C32H25NO3. The number of rotatable bonds is 3. The number of carbonyl (C=O) groups is 2. The van der Waals surface area contributed by atoms with E-state index in [0.29, 0.717) is 11.4 Å². The summed E-state index contributed by atoms with van der Waals surface area (Å²) in [6, 6.07) is 31.7. The van der Waals surface area contributed by atoms with Crippen LogP contribution in [0.2, 0.25) is 0 Å². The lowest BCUT2D eigenvalue weighted by Crippen LogP contribution is -2.49. The van der Waals surface area contributed by atoms with Gasteiger partial charge in [0, 0.05) is 11.8 Å². The van der Waals surface area contributed by atoms with Gasteiger partial charge in [0.2, 0.25) is 11.8 Å². The first-order valence-electron chi connectivity index (χ1n) is 12.4. The summed E-state index contributed by atoms with van der Waals surface area (Å²) < 4.78 is 5.99. The third kappa shape index (κ3) is 2.70. The predicted octanol–water partition coefficient (Wildman–Crippen LogP) is 6.57. The monoisotopic (exact) mass is 471 g/mol. The fourth-order valence-corrected chi connectivity index (χ4v) is 6.84. The smallest absolute Gasteiger partial charge is 0.241 e. The predicted molar refractivity (Wildman–Crippen MR) is 138 cm³/mol. The van der Waals surface area contributed by atoms with Crippen molar-refractivity contribution in [1.82, 2.24) is 0 Å². The minimum absolute atomic E-state index is 0.117. The van der Waals surface area contributed by atoms with Crippen molar-refractivity contribution in [2.45, 2.75) is 25.7 Å². The normalized spacial score (nSPS) is 25.4. The molecular weight excluding hydrogens is 446 g/mol. The summed E-state index contributed by atoms with van der Waals surface area (Å²) in [5.74, 6) is 0.470. The summed E-state index contributed by atoms with van der Waals surface area (Å²) in [4.78, 5) is 29.6. The van der Waals surface area contributed by atoms with Gasteiger partial charge in [-0.05, 0) is 78.1 Å². The van der Waals surface area contributed by atoms with E-state index in [4.69, 9.17) is 4.74 Å². The Bertz CT molecular complexity index is 1510. The molecule has 4 aromatic rings. The van der Waals surface area contributed by atoms with Crippen molar-refractivity contribution in [3.8, 4) is 11.5 Å². The molecule has 4 nitrogen and oxygen atoms in total. The van der Waals surface area contributed by atoms with E-state index >= 15 is 0 Å². The molecule has 1 fully saturated rings. The van der Waals surface area contributed by atoms with Gasteiger partial charge in [-0.25, -0.2) is 4.90 Å². The van der Waals surface area contributed by atoms with E-state index in [9.17, 15) is 9.59 Å². The van der Waals surface area contributed by atoms with Crippen molar-refractivity contribution in [2.75, 3.05) is 4.90 Å². The molecule has 0 aromatic heterocycles. The molecule has 176 valence electrons. The van der Waals surface area contributed by atoms with E-state index < -0.39 is 11.3 Å². The summed E-state index contributed by atoms with van der Waals surface area (Å²) >= 11 is 0. The van der Waals surface area contributed by atoms with E-state index in [1.54, 1.807) is 0 Å². The van der Waals surface area contributed by atoms with Gasteiger partial charge in [0.05, 0.1) is 17.0 Å². The molecule has 1 saturated heterocycles. The van der Waals surface area contributed by atoms with E-state index in [2.05, 4.69) is 24.3 Å². The number of hydrogen-bond acceptors (Lipinski definition) is 3. The first kappa shape index (κ1) is 21.1. The second kappa shape index (κ2) is 7.41. The average Bonchev–Trinajstić information content (AvgIpc) is 3.10. The number of amides is 2. The molecule has 2 amide bonds. The molecule has 4 aliphatic rings. The highest BCUT2D eigenvalue weighted by Gasteiger charge is 2.68. The van der Waals surface area contributed by atoms with Gasteiger partial charge in [0.1, 0.15) is 11.5 Å². The van der Waals surface area contributed by atoms with Crippen molar-refractivity contribution in [2.24, 2.45) is 11.3 Å². The standard InChI is InChI=1S/C32H25NO3/c1-19-8-7-9-22(18-19)36-21-16-14-20(15-17-21)33-30(34)29-27-23-10-3-5-12-25(23)28(32(29,2)31(33)35)26-13-6-4-11-24(26)27/h3-18,27-29H,1-2H3. The number of benzene rings is 4. The van der Waals surface area contributed by atoms with Crippen LogP contribution >= 0.6 is 0 Å². The SMILES string of the molecule is Cc1cccc(Oc2ccc(N3C(=O)C4C5c6ccccc6C(c6ccccc65)C4(C)C3=O)cc2)c1. The second-order valence-electron chi connectivity index (χ2n) is 10.3. The van der Waals surface area contributed by atoms with Gasteiger partial charge in [-0.2, -0.15) is 0 Å². The number of nitrogens with zero attached hydrogens (tertiary/aromatic N) is 1. The summed E-state index contributed by atoms with van der Waals surface area (Å²) in [5.41, 5.74) is 5.56. The van der Waals surface area contributed by atoms with E-state index in [1.807, 2.05) is 86.6 Å². The fraction of sp³-hybridized carbons (Fsp3) is 0.188. The molecule has 3 aliphatic carbocycles. The summed E-state index contributed by atoms with van der Waals surface area (Å²) in [6.45, 7) is 4.01. The molecule has 8 rings (SSSR count). The zero-order valence-electron chi connectivity index (χ0n) is 20.1. The van der Waals surface area contributed by atoms with Crippen LogP contribution < -0.4 is 9.64 Å². The molecule has 2 unspecified atom stereocenters. The Kier molecular flexibility index (Phi) is 4.35. The van der Waals surface area contributed by atoms with Gasteiger partial charge < -0.3 is 4.74 Å². The number of aryl methyl sites for hydroxylation is 1. The molecule has 0 spiro atoms. The minimum Gasteiger partial charge on any atom is -0.457 e. The summed E-state index contributed by atoms with van der Waals surface area (Å²) in [7, 11) is 0. The molecule has 36 heavy (non-hydrogen) atoms. The summed E-state index contributed by atoms with van der Waals surface area (Å²) in [6.07, 6.45) is 0. The maximum atomic E-state index is 14.2. The molecule has 4 heteroatoms. The molecule has 2 bridgehead atoms. The van der Waals surface area contributed by atoms with Crippen LogP contribution in [0.25, 0.3) is 0 Å². The van der Waals surface area contributed by atoms with Gasteiger partial charge >= 0.3 is 0 Å². The topological polar surface area (TPSA) is 46.6 Å². The van der Waals surface area contributed by atoms with Crippen LogP contribution in [-0.4, -0.2) is 11.8 Å². The Balaban J connectivity index is 1.29. The van der Waals surface area contributed by atoms with Crippen LogP contribution in [0, 0.1) is 18.3 Å². The highest BCUT2D eigenvalue weighted by molar-refractivity contribution is 6.25. The van der Waals surface area contributed by atoms with Crippen LogP contribution in [0.3, 0.4) is 0 Å². The zero-order valence-corrected chi connectivity index (χ0v) is 20.1. The molecule has 1 heterocycles. The van der Waals surface area contributed by atoms with E-state index in [-0.39, 0.29) is 23.7 Å². The Hall–Kier alpha value is -4.18. The summed E-state index contributed by atoms with van der Waals surface area (Å²) in [5, 5.41) is 0. The number of ether oxygens (including phenoxy) is 1. The van der Waals surface area contributed by atoms with Gasteiger partial charge in [-0.1, -0.05) is 60.7 Å². The van der Waals surface area contributed by atoms with Crippen molar-refractivity contribution in [1.29, 1.82) is 0 Å². The Labute approximate surface area is 210 Å². The van der Waals surface area contributed by atoms with Gasteiger partial charge in [-0.3, -0.25) is 9.59 Å². The lowest BCUT2D eigenvalue weighted by atomic mass is 9.48. The Morgan fingerprint density at radius 3 is 1.94 bits per heavy atom. The lowest BCUT2D eigenvalue weighted by molar-refractivity contribution is -0.128. The highest BCUT2D eigenvalue weighted by atomic mass is 16.5. The Morgan fingerprint density at radius 1 is 0.722 bits per heavy atom. The molecule has 0 radical (unpaired) electrons. The van der Waals surface area contributed by atoms with E-state index in [0.717, 1.165) is 11.3 Å². The lowest BCUT2D eigenvalue weighted by Gasteiger charge is -2.51. The number of anilines is 1. The largest absolute Gasteiger partial charge is 0.457 e. The molecule has 1 aliphatic heterocycles. The molecule has 0 N–H and O–H groups in total. The van der Waals surface area contributed by atoms with Crippen LogP contribution in [0.5, 0.6) is 11.5 Å². The van der Waals surface area contributed by atoms with Crippen LogP contribution in [0.1, 0.15) is 46.6 Å². The third-order valence-corrected chi connectivity index (χ3v) is 8.33. The number of hydrogen-bond donors (Lipinski definition) is 0. The maximum absolute atomic E-state index is 14.2. The quantitative estimate of drug-likeness (QED) is 0.317. The third-order valence-electron chi connectivity index (χ3n) is 8.33. The minimum atomic E-state index is -0.832. The van der Waals surface area contributed by atoms with Crippen molar-refractivity contribution >= 4 is 17.5 Å². The van der Waals surface area contributed by atoms with Crippen LogP contribution in [0.15, 0.2) is 97.1 Å². The molecule has 4 aromatic carbocycles. The van der Waals surface area contributed by atoms with Crippen LogP contribution in [0.4, 0.5) is 5.69 Å². The average molecular weight is 472 g/mol. The zero-order chi connectivity index (χ0) is 24.6. The molecule has 0 saturated carbocycles. The van der Waals surface area contributed by atoms with Crippen molar-refractivity contribution in [3.63, 3.8) is 0 Å². The van der Waals surface area contributed by atoms with Gasteiger partial charge in [0.15, 0.2) is 0 Å². The van der Waals surface area contributed by atoms with E-state index in [1.165, 1.54) is 27.2 Å². The first-order chi connectivity index (χ1) is 17.5. The van der Waals surface area contributed by atoms with Gasteiger partial charge in [0.25, 0.3) is 0 Å². The first-order valence-corrected chi connectivity index (χ1v) is 12.4. The Morgan fingerprint density at radius 2 is 1.33 bits per heavy atom. The van der Waals surface area contributed by atoms with Crippen molar-refractivity contribution in [3.05, 3.63) is 125 Å². The maximum Gasteiger partial charge on any atom is 0.241 e. The molecule has 2 atom stereocenters. The highest BCUT2D eigenvalue weighted by Crippen LogP contribution is 2.67. The van der Waals surface area contributed by atoms with Crippen molar-refractivity contribution < 1.29 is 14.3 Å². The van der Waals surface area contributed by atoms with Crippen LogP contribution in [-0.2, 0) is 9.59 Å². The fourth-order valence-electron chi connectivity index (χ4n) is 6.84. The number of carbonyl (C=O) groups excluding carboxylic acids is 2. The number of imide groups is 1.